The van der Waals surface area contributed by atoms with E-state index in [2.05, 4.69) is 44.9 Å². The zero-order valence-corrected chi connectivity index (χ0v) is 11.9. The van der Waals surface area contributed by atoms with E-state index in [1.165, 1.54) is 28.4 Å². The van der Waals surface area contributed by atoms with E-state index in [4.69, 9.17) is 0 Å². The number of thiazole rings is 1. The van der Waals surface area contributed by atoms with Crippen LogP contribution in [-0.4, -0.2) is 11.5 Å². The van der Waals surface area contributed by atoms with E-state index in [-0.39, 0.29) is 0 Å². The van der Waals surface area contributed by atoms with Gasteiger partial charge in [0.25, 0.3) is 0 Å². The lowest BCUT2D eigenvalue weighted by atomic mass is 10.0. The monoisotopic (exact) mass is 240 g/mol. The highest BCUT2D eigenvalue weighted by molar-refractivity contribution is 7.11. The van der Waals surface area contributed by atoms with Crippen LogP contribution >= 0.6 is 11.3 Å². The molecule has 1 heterocycles. The lowest BCUT2D eigenvalue weighted by molar-refractivity contribution is 0.419. The zero-order chi connectivity index (χ0) is 12.1. The van der Waals surface area contributed by atoms with Gasteiger partial charge >= 0.3 is 0 Å². The van der Waals surface area contributed by atoms with Gasteiger partial charge in [-0.15, -0.1) is 11.3 Å². The van der Waals surface area contributed by atoms with Gasteiger partial charge in [-0.2, -0.15) is 0 Å². The van der Waals surface area contributed by atoms with Crippen LogP contribution in [0.4, 0.5) is 0 Å². The van der Waals surface area contributed by atoms with E-state index < -0.39 is 0 Å². The summed E-state index contributed by atoms with van der Waals surface area (Å²) in [6.45, 7) is 12.1. The van der Waals surface area contributed by atoms with Crippen LogP contribution in [0.15, 0.2) is 0 Å². The van der Waals surface area contributed by atoms with Crippen molar-refractivity contribution in [2.24, 2.45) is 5.92 Å². The van der Waals surface area contributed by atoms with Gasteiger partial charge in [-0.05, 0) is 33.2 Å². The molecular weight excluding hydrogens is 216 g/mol. The number of nitrogens with zero attached hydrogens (tertiary/aromatic N) is 1. The molecule has 1 unspecified atom stereocenters. The molecule has 0 aliphatic carbocycles. The predicted molar refractivity (Wildman–Crippen MR) is 72.1 cm³/mol. The highest BCUT2D eigenvalue weighted by Crippen LogP contribution is 2.22. The molecule has 0 aliphatic heterocycles. The minimum absolute atomic E-state index is 0.380. The molecule has 1 aromatic rings. The van der Waals surface area contributed by atoms with Crippen LogP contribution in [0.5, 0.6) is 0 Å². The molecule has 0 aliphatic rings. The Morgan fingerprint density at radius 2 is 1.88 bits per heavy atom. The van der Waals surface area contributed by atoms with Gasteiger partial charge < -0.3 is 5.32 Å². The van der Waals surface area contributed by atoms with Crippen molar-refractivity contribution >= 4 is 11.3 Å². The summed E-state index contributed by atoms with van der Waals surface area (Å²) < 4.78 is 0. The second-order valence-electron chi connectivity index (χ2n) is 4.49. The van der Waals surface area contributed by atoms with Crippen molar-refractivity contribution < 1.29 is 0 Å². The number of nitrogens with one attached hydrogen (secondary N) is 1. The van der Waals surface area contributed by atoms with Crippen molar-refractivity contribution in [1.29, 1.82) is 0 Å². The maximum Gasteiger partial charge on any atom is 0.0900 e. The normalized spacial score (nSPS) is 13.4. The Morgan fingerprint density at radius 3 is 2.31 bits per heavy atom. The summed E-state index contributed by atoms with van der Waals surface area (Å²) in [6, 6.07) is 0.380. The van der Waals surface area contributed by atoms with Crippen LogP contribution in [0.25, 0.3) is 0 Å². The van der Waals surface area contributed by atoms with Gasteiger partial charge in [-0.1, -0.05) is 26.7 Å². The molecule has 1 N–H and O–H groups in total. The van der Waals surface area contributed by atoms with E-state index in [0.29, 0.717) is 6.04 Å². The van der Waals surface area contributed by atoms with Crippen LogP contribution in [-0.2, 0) is 0 Å². The quantitative estimate of drug-likeness (QED) is 0.817. The molecule has 92 valence electrons. The highest BCUT2D eigenvalue weighted by Gasteiger charge is 2.13. The second-order valence-corrected chi connectivity index (χ2v) is 5.89. The standard InChI is InChI=1S/C13H24N2S/c1-6-12(7-2)8-14-9(3)13-10(4)16-11(5)15-13/h9,12,14H,6-8H2,1-5H3. The van der Waals surface area contributed by atoms with Crippen molar-refractivity contribution in [3.8, 4) is 0 Å². The SMILES string of the molecule is CCC(CC)CNC(C)c1nc(C)sc1C. The number of hydrogen-bond donors (Lipinski definition) is 1. The van der Waals surface area contributed by atoms with Crippen LogP contribution in [0.2, 0.25) is 0 Å². The molecule has 3 heteroatoms. The molecule has 16 heavy (non-hydrogen) atoms. The van der Waals surface area contributed by atoms with Crippen LogP contribution in [0.1, 0.15) is 55.2 Å². The third-order valence-corrected chi connectivity index (χ3v) is 4.12. The number of hydrogen-bond acceptors (Lipinski definition) is 3. The van der Waals surface area contributed by atoms with Gasteiger partial charge in [0, 0.05) is 10.9 Å². The Bertz CT molecular complexity index is 316. The van der Waals surface area contributed by atoms with Gasteiger partial charge in [0.1, 0.15) is 0 Å². The van der Waals surface area contributed by atoms with Gasteiger partial charge in [0.05, 0.1) is 10.7 Å². The number of aryl methyl sites for hydroxylation is 2. The predicted octanol–water partition coefficient (Wildman–Crippen LogP) is 3.85. The van der Waals surface area contributed by atoms with Crippen molar-refractivity contribution in [3.05, 3.63) is 15.6 Å². The molecule has 0 amide bonds. The first-order valence-electron chi connectivity index (χ1n) is 6.25. The van der Waals surface area contributed by atoms with Crippen molar-refractivity contribution in [3.63, 3.8) is 0 Å². The Kier molecular flexibility index (Phi) is 5.42. The molecule has 0 aromatic carbocycles. The number of aromatic nitrogens is 1. The second kappa shape index (κ2) is 6.36. The molecular formula is C13H24N2S. The summed E-state index contributed by atoms with van der Waals surface area (Å²) in [7, 11) is 0. The Balaban J connectivity index is 2.52. The minimum atomic E-state index is 0.380. The molecule has 1 rings (SSSR count). The average molecular weight is 240 g/mol. The van der Waals surface area contributed by atoms with Crippen molar-refractivity contribution in [1.82, 2.24) is 10.3 Å². The molecule has 1 aromatic heterocycles. The van der Waals surface area contributed by atoms with E-state index in [1.54, 1.807) is 11.3 Å². The molecule has 0 saturated heterocycles. The molecule has 0 bridgehead atoms. The van der Waals surface area contributed by atoms with E-state index in [1.807, 2.05) is 0 Å². The largest absolute Gasteiger partial charge is 0.309 e. The zero-order valence-electron chi connectivity index (χ0n) is 11.1. The van der Waals surface area contributed by atoms with E-state index >= 15 is 0 Å². The van der Waals surface area contributed by atoms with Gasteiger partial charge in [-0.3, -0.25) is 0 Å². The van der Waals surface area contributed by atoms with Crippen LogP contribution in [0, 0.1) is 19.8 Å². The third kappa shape index (κ3) is 3.56. The summed E-state index contributed by atoms with van der Waals surface area (Å²) in [5.74, 6) is 0.794. The fraction of sp³-hybridized carbons (Fsp3) is 0.769. The minimum Gasteiger partial charge on any atom is -0.309 e. The maximum atomic E-state index is 4.60. The smallest absolute Gasteiger partial charge is 0.0900 e. The number of rotatable bonds is 6. The fourth-order valence-electron chi connectivity index (χ4n) is 1.96. The van der Waals surface area contributed by atoms with Crippen molar-refractivity contribution in [2.45, 2.75) is 53.5 Å². The fourth-order valence-corrected chi connectivity index (χ4v) is 2.88. The van der Waals surface area contributed by atoms with Gasteiger partial charge in [0.15, 0.2) is 0 Å². The van der Waals surface area contributed by atoms with E-state index in [0.717, 1.165) is 12.5 Å². The van der Waals surface area contributed by atoms with Crippen LogP contribution in [0.3, 0.4) is 0 Å². The summed E-state index contributed by atoms with van der Waals surface area (Å²) in [5.41, 5.74) is 1.23. The molecule has 0 fully saturated rings. The van der Waals surface area contributed by atoms with Gasteiger partial charge in [0.2, 0.25) is 0 Å². The molecule has 0 radical (unpaired) electrons. The molecule has 0 spiro atoms. The summed E-state index contributed by atoms with van der Waals surface area (Å²) in [5, 5.41) is 4.77. The van der Waals surface area contributed by atoms with Crippen LogP contribution < -0.4 is 5.32 Å². The Morgan fingerprint density at radius 1 is 1.25 bits per heavy atom. The summed E-state index contributed by atoms with van der Waals surface area (Å²) in [6.07, 6.45) is 2.51. The van der Waals surface area contributed by atoms with Gasteiger partial charge in [-0.25, -0.2) is 4.98 Å². The molecule has 0 saturated carbocycles. The lowest BCUT2D eigenvalue weighted by Gasteiger charge is -2.17. The Hall–Kier alpha value is -0.410. The Labute approximate surface area is 103 Å². The van der Waals surface area contributed by atoms with E-state index in [9.17, 15) is 0 Å². The summed E-state index contributed by atoms with van der Waals surface area (Å²) in [4.78, 5) is 5.94. The topological polar surface area (TPSA) is 24.9 Å². The maximum absolute atomic E-state index is 4.60. The molecule has 2 nitrogen and oxygen atoms in total. The average Bonchev–Trinajstić information content (AvgIpc) is 2.59. The summed E-state index contributed by atoms with van der Waals surface area (Å²) >= 11 is 1.79. The first kappa shape index (κ1) is 13.7. The highest BCUT2D eigenvalue weighted by atomic mass is 32.1. The van der Waals surface area contributed by atoms with Crippen molar-refractivity contribution in [2.75, 3.05) is 6.54 Å². The third-order valence-electron chi connectivity index (χ3n) is 3.22. The molecule has 1 atom stereocenters. The first-order chi connectivity index (χ1) is 7.58. The first-order valence-corrected chi connectivity index (χ1v) is 7.07. The lowest BCUT2D eigenvalue weighted by Crippen LogP contribution is -2.25.